The minimum Gasteiger partial charge on any atom is -0.492 e. The number of para-hydroxylation sites is 1. The van der Waals surface area contributed by atoms with Gasteiger partial charge in [0.2, 0.25) is 5.91 Å². The van der Waals surface area contributed by atoms with Crippen LogP contribution in [0, 0.1) is 5.92 Å². The number of carboxylic acids is 1. The SMILES string of the molecule is COCC[C@@H](NC(=O)[C@@H]1COc2ccccc2C1)C(=O)O. The van der Waals surface area contributed by atoms with Crippen molar-refractivity contribution in [2.45, 2.75) is 18.9 Å². The van der Waals surface area contributed by atoms with E-state index in [1.807, 2.05) is 24.3 Å². The molecule has 21 heavy (non-hydrogen) atoms. The van der Waals surface area contributed by atoms with Gasteiger partial charge in [-0.25, -0.2) is 4.79 Å². The van der Waals surface area contributed by atoms with Crippen LogP contribution in [-0.2, 0) is 20.7 Å². The van der Waals surface area contributed by atoms with E-state index < -0.39 is 12.0 Å². The first-order valence-electron chi connectivity index (χ1n) is 6.84. The highest BCUT2D eigenvalue weighted by Gasteiger charge is 2.29. The fourth-order valence-electron chi connectivity index (χ4n) is 2.28. The van der Waals surface area contributed by atoms with Crippen molar-refractivity contribution in [2.24, 2.45) is 5.92 Å². The third-order valence-corrected chi connectivity index (χ3v) is 3.47. The molecule has 0 bridgehead atoms. The van der Waals surface area contributed by atoms with Gasteiger partial charge in [0.1, 0.15) is 18.4 Å². The highest BCUT2D eigenvalue weighted by Crippen LogP contribution is 2.26. The minimum atomic E-state index is -1.06. The maximum absolute atomic E-state index is 12.2. The standard InChI is InChI=1S/C15H19NO5/c1-20-7-6-12(15(18)19)16-14(17)11-8-10-4-2-3-5-13(10)21-9-11/h2-5,11-12H,6-9H2,1H3,(H,16,17)(H,18,19)/t11-,12+/m0/s1. The normalized spacial score (nSPS) is 18.2. The molecular formula is C15H19NO5. The van der Waals surface area contributed by atoms with E-state index in [1.165, 1.54) is 7.11 Å². The number of benzene rings is 1. The lowest BCUT2D eigenvalue weighted by molar-refractivity contribution is -0.143. The average Bonchev–Trinajstić information content (AvgIpc) is 2.50. The van der Waals surface area contributed by atoms with E-state index in [-0.39, 0.29) is 31.5 Å². The van der Waals surface area contributed by atoms with Crippen molar-refractivity contribution in [1.29, 1.82) is 0 Å². The van der Waals surface area contributed by atoms with E-state index in [9.17, 15) is 9.59 Å². The number of carbonyl (C=O) groups excluding carboxylic acids is 1. The number of ether oxygens (including phenoxy) is 2. The molecule has 6 nitrogen and oxygen atoms in total. The Labute approximate surface area is 123 Å². The highest BCUT2D eigenvalue weighted by molar-refractivity contribution is 5.85. The number of methoxy groups -OCH3 is 1. The Kier molecular flexibility index (Phi) is 5.16. The maximum atomic E-state index is 12.2. The molecule has 0 spiro atoms. The second-order valence-electron chi connectivity index (χ2n) is 5.00. The van der Waals surface area contributed by atoms with Crippen molar-refractivity contribution in [3.05, 3.63) is 29.8 Å². The van der Waals surface area contributed by atoms with Crippen LogP contribution in [0.25, 0.3) is 0 Å². The third-order valence-electron chi connectivity index (χ3n) is 3.47. The van der Waals surface area contributed by atoms with Gasteiger partial charge in [-0.05, 0) is 18.1 Å². The van der Waals surface area contributed by atoms with E-state index in [4.69, 9.17) is 14.6 Å². The van der Waals surface area contributed by atoms with Crippen LogP contribution in [-0.4, -0.2) is 43.3 Å². The highest BCUT2D eigenvalue weighted by atomic mass is 16.5. The Morgan fingerprint density at radius 2 is 2.24 bits per heavy atom. The number of amides is 1. The minimum absolute atomic E-state index is 0.238. The second kappa shape index (κ2) is 7.08. The molecule has 114 valence electrons. The summed E-state index contributed by atoms with van der Waals surface area (Å²) in [6, 6.07) is 6.61. The van der Waals surface area contributed by atoms with Crippen molar-refractivity contribution >= 4 is 11.9 Å². The number of fused-ring (bicyclic) bond motifs is 1. The van der Waals surface area contributed by atoms with Crippen LogP contribution in [0.2, 0.25) is 0 Å². The zero-order chi connectivity index (χ0) is 15.2. The Bertz CT molecular complexity index is 517. The third kappa shape index (κ3) is 3.95. The van der Waals surface area contributed by atoms with Crippen LogP contribution < -0.4 is 10.1 Å². The summed E-state index contributed by atoms with van der Waals surface area (Å²) in [6.45, 7) is 0.542. The van der Waals surface area contributed by atoms with Crippen LogP contribution in [0.3, 0.4) is 0 Å². The number of nitrogens with one attached hydrogen (secondary N) is 1. The number of carbonyl (C=O) groups is 2. The number of hydrogen-bond donors (Lipinski definition) is 2. The summed E-state index contributed by atoms with van der Waals surface area (Å²) in [5.74, 6) is -0.939. The zero-order valence-corrected chi connectivity index (χ0v) is 11.9. The van der Waals surface area contributed by atoms with Crippen LogP contribution >= 0.6 is 0 Å². The smallest absolute Gasteiger partial charge is 0.326 e. The molecule has 0 radical (unpaired) electrons. The molecule has 1 aliphatic rings. The van der Waals surface area contributed by atoms with Gasteiger partial charge in [-0.15, -0.1) is 0 Å². The summed E-state index contributed by atoms with van der Waals surface area (Å²) in [5, 5.41) is 11.7. The van der Waals surface area contributed by atoms with Gasteiger partial charge in [0.05, 0.1) is 5.92 Å². The molecule has 1 amide bonds. The number of hydrogen-bond acceptors (Lipinski definition) is 4. The fraction of sp³-hybridized carbons (Fsp3) is 0.467. The fourth-order valence-corrected chi connectivity index (χ4v) is 2.28. The number of rotatable bonds is 6. The van der Waals surface area contributed by atoms with Gasteiger partial charge in [-0.2, -0.15) is 0 Å². The summed E-state index contributed by atoms with van der Waals surface area (Å²) in [6.07, 6.45) is 0.792. The molecule has 2 atom stereocenters. The lowest BCUT2D eigenvalue weighted by Crippen LogP contribution is -2.46. The quantitative estimate of drug-likeness (QED) is 0.812. The number of aliphatic carboxylic acids is 1. The molecule has 0 aromatic heterocycles. The Balaban J connectivity index is 1.96. The molecule has 0 fully saturated rings. The molecule has 0 saturated heterocycles. The lowest BCUT2D eigenvalue weighted by atomic mass is 9.95. The van der Waals surface area contributed by atoms with Crippen LogP contribution in [0.5, 0.6) is 5.75 Å². The monoisotopic (exact) mass is 293 g/mol. The maximum Gasteiger partial charge on any atom is 0.326 e. The van der Waals surface area contributed by atoms with Gasteiger partial charge in [0.15, 0.2) is 0 Å². The van der Waals surface area contributed by atoms with E-state index in [2.05, 4.69) is 5.32 Å². The Hall–Kier alpha value is -2.08. The molecule has 1 heterocycles. The van der Waals surface area contributed by atoms with Crippen molar-refractivity contribution in [3.8, 4) is 5.75 Å². The molecule has 0 unspecified atom stereocenters. The molecule has 6 heteroatoms. The van der Waals surface area contributed by atoms with Crippen LogP contribution in [0.15, 0.2) is 24.3 Å². The van der Waals surface area contributed by atoms with Crippen molar-refractivity contribution in [2.75, 3.05) is 20.3 Å². The van der Waals surface area contributed by atoms with Gasteiger partial charge < -0.3 is 19.9 Å². The van der Waals surface area contributed by atoms with Gasteiger partial charge in [-0.3, -0.25) is 4.79 Å². The summed E-state index contributed by atoms with van der Waals surface area (Å²) < 4.78 is 10.4. The lowest BCUT2D eigenvalue weighted by Gasteiger charge is -2.25. The Morgan fingerprint density at radius 3 is 2.95 bits per heavy atom. The van der Waals surface area contributed by atoms with Gasteiger partial charge >= 0.3 is 5.97 Å². The van der Waals surface area contributed by atoms with Gasteiger partial charge in [0, 0.05) is 20.1 Å². The molecule has 0 aliphatic carbocycles. The van der Waals surface area contributed by atoms with Crippen molar-refractivity contribution < 1.29 is 24.2 Å². The first kappa shape index (κ1) is 15.3. The Morgan fingerprint density at radius 1 is 1.48 bits per heavy atom. The summed E-state index contributed by atoms with van der Waals surface area (Å²) in [7, 11) is 1.49. The molecule has 1 aromatic rings. The molecule has 1 aromatic carbocycles. The van der Waals surface area contributed by atoms with Gasteiger partial charge in [-0.1, -0.05) is 18.2 Å². The first-order valence-corrected chi connectivity index (χ1v) is 6.84. The van der Waals surface area contributed by atoms with Crippen LogP contribution in [0.1, 0.15) is 12.0 Å². The van der Waals surface area contributed by atoms with E-state index in [1.54, 1.807) is 0 Å². The molecule has 2 rings (SSSR count). The second-order valence-corrected chi connectivity index (χ2v) is 5.00. The summed E-state index contributed by atoms with van der Waals surface area (Å²) >= 11 is 0. The first-order chi connectivity index (χ1) is 10.1. The van der Waals surface area contributed by atoms with E-state index in [0.717, 1.165) is 11.3 Å². The van der Waals surface area contributed by atoms with E-state index >= 15 is 0 Å². The number of carboxylic acid groups (broad SMARTS) is 1. The largest absolute Gasteiger partial charge is 0.492 e. The topological polar surface area (TPSA) is 84.9 Å². The molecular weight excluding hydrogens is 274 g/mol. The van der Waals surface area contributed by atoms with Crippen molar-refractivity contribution in [1.82, 2.24) is 5.32 Å². The van der Waals surface area contributed by atoms with Crippen LogP contribution in [0.4, 0.5) is 0 Å². The summed E-state index contributed by atoms with van der Waals surface area (Å²) in [5.41, 5.74) is 0.965. The zero-order valence-electron chi connectivity index (χ0n) is 11.9. The van der Waals surface area contributed by atoms with Crippen molar-refractivity contribution in [3.63, 3.8) is 0 Å². The average molecular weight is 293 g/mol. The summed E-state index contributed by atoms with van der Waals surface area (Å²) in [4.78, 5) is 23.3. The molecule has 1 aliphatic heterocycles. The predicted molar refractivity (Wildman–Crippen MR) is 75.2 cm³/mol. The molecule has 0 saturated carbocycles. The predicted octanol–water partition coefficient (Wildman–Crippen LogP) is 0.844. The molecule has 2 N–H and O–H groups in total. The van der Waals surface area contributed by atoms with Gasteiger partial charge in [0.25, 0.3) is 0 Å². The van der Waals surface area contributed by atoms with E-state index in [0.29, 0.717) is 6.42 Å².